The van der Waals surface area contributed by atoms with Crippen molar-refractivity contribution >= 4 is 17.5 Å². The van der Waals surface area contributed by atoms with E-state index in [0.717, 1.165) is 12.0 Å². The normalized spacial score (nSPS) is 13.3. The van der Waals surface area contributed by atoms with Gasteiger partial charge in [0.15, 0.2) is 5.82 Å². The summed E-state index contributed by atoms with van der Waals surface area (Å²) in [5, 5.41) is 6.74. The van der Waals surface area contributed by atoms with Gasteiger partial charge in [-0.1, -0.05) is 31.2 Å². The van der Waals surface area contributed by atoms with Crippen LogP contribution in [-0.2, 0) is 24.2 Å². The van der Waals surface area contributed by atoms with Crippen molar-refractivity contribution in [2.75, 3.05) is 10.6 Å². The predicted octanol–water partition coefficient (Wildman–Crippen LogP) is 2.10. The Morgan fingerprint density at radius 3 is 2.84 bits per heavy atom. The smallest absolute Gasteiger partial charge is 0.233 e. The molecule has 0 aliphatic carbocycles. The number of H-pyrrole nitrogens is 1. The van der Waals surface area contributed by atoms with Crippen LogP contribution in [0.4, 0.5) is 11.6 Å². The first-order valence-electron chi connectivity index (χ1n) is 8.20. The molecule has 2 aromatic heterocycles. The zero-order chi connectivity index (χ0) is 17.4. The van der Waals surface area contributed by atoms with Gasteiger partial charge in [0.25, 0.3) is 0 Å². The number of carbonyl (C=O) groups excluding carboxylic acids is 1. The third-order valence-electron chi connectivity index (χ3n) is 4.38. The number of nitrogens with two attached hydrogens (primary N) is 1. The molecule has 0 spiro atoms. The first-order valence-corrected chi connectivity index (χ1v) is 8.20. The van der Waals surface area contributed by atoms with Crippen molar-refractivity contribution in [1.29, 1.82) is 0 Å². The molecule has 1 aromatic carbocycles. The minimum absolute atomic E-state index is 0.0142. The van der Waals surface area contributed by atoms with Crippen molar-refractivity contribution in [3.8, 4) is 11.5 Å². The van der Waals surface area contributed by atoms with Crippen molar-refractivity contribution in [3.05, 3.63) is 53.2 Å². The Bertz CT molecular complexity index is 935. The standard InChI is InChI=1S/C18H18N6O/c1-2-11-4-3-5-12(8-11)10-24-15(25)9-13-16(19)21-17(22-18(13)24)14-6-7-20-23-14/h3-8H,2,9-10H2,1H3,(H,20,23)(H2,19,21,22). The molecule has 0 atom stereocenters. The lowest BCUT2D eigenvalue weighted by Crippen LogP contribution is -2.26. The summed E-state index contributed by atoms with van der Waals surface area (Å²) in [6, 6.07) is 10.0. The van der Waals surface area contributed by atoms with E-state index in [4.69, 9.17) is 5.73 Å². The highest BCUT2D eigenvalue weighted by molar-refractivity contribution is 6.01. The van der Waals surface area contributed by atoms with Gasteiger partial charge in [0, 0.05) is 11.8 Å². The summed E-state index contributed by atoms with van der Waals surface area (Å²) in [5.74, 6) is 1.35. The molecule has 3 heterocycles. The lowest BCUT2D eigenvalue weighted by atomic mass is 10.1. The van der Waals surface area contributed by atoms with Gasteiger partial charge in [-0.15, -0.1) is 0 Å². The number of nitrogens with one attached hydrogen (secondary N) is 1. The van der Waals surface area contributed by atoms with Crippen molar-refractivity contribution in [1.82, 2.24) is 20.2 Å². The second-order valence-corrected chi connectivity index (χ2v) is 6.04. The number of nitrogen functional groups attached to an aromatic ring is 1. The summed E-state index contributed by atoms with van der Waals surface area (Å²) in [6.45, 7) is 2.58. The molecule has 4 rings (SSSR count). The van der Waals surface area contributed by atoms with Crippen LogP contribution >= 0.6 is 0 Å². The fraction of sp³-hybridized carbons (Fsp3) is 0.222. The van der Waals surface area contributed by atoms with Crippen LogP contribution in [0.15, 0.2) is 36.5 Å². The molecule has 1 amide bonds. The number of aromatic nitrogens is 4. The molecule has 7 heteroatoms. The summed E-state index contributed by atoms with van der Waals surface area (Å²) < 4.78 is 0. The highest BCUT2D eigenvalue weighted by atomic mass is 16.2. The largest absolute Gasteiger partial charge is 0.383 e. The maximum Gasteiger partial charge on any atom is 0.233 e. The Hall–Kier alpha value is -3.22. The highest BCUT2D eigenvalue weighted by Gasteiger charge is 2.32. The Kier molecular flexibility index (Phi) is 3.68. The van der Waals surface area contributed by atoms with Gasteiger partial charge >= 0.3 is 0 Å². The van der Waals surface area contributed by atoms with E-state index in [-0.39, 0.29) is 12.3 Å². The van der Waals surface area contributed by atoms with Crippen LogP contribution in [0.5, 0.6) is 0 Å². The molecule has 0 fully saturated rings. The molecule has 3 N–H and O–H groups in total. The molecule has 3 aromatic rings. The second kappa shape index (κ2) is 6.01. The molecule has 126 valence electrons. The first kappa shape index (κ1) is 15.3. The van der Waals surface area contributed by atoms with Gasteiger partial charge in [-0.05, 0) is 23.6 Å². The van der Waals surface area contributed by atoms with Gasteiger partial charge in [0.1, 0.15) is 17.3 Å². The third kappa shape index (κ3) is 2.73. The number of carbonyl (C=O) groups is 1. The van der Waals surface area contributed by atoms with Crippen molar-refractivity contribution < 1.29 is 4.79 Å². The number of fused-ring (bicyclic) bond motifs is 1. The number of nitrogens with zero attached hydrogens (tertiary/aromatic N) is 4. The van der Waals surface area contributed by atoms with E-state index in [1.807, 2.05) is 12.1 Å². The molecule has 0 bridgehead atoms. The molecule has 1 aliphatic heterocycles. The van der Waals surface area contributed by atoms with E-state index in [1.54, 1.807) is 17.2 Å². The van der Waals surface area contributed by atoms with Crippen LogP contribution < -0.4 is 10.6 Å². The van der Waals surface area contributed by atoms with Gasteiger partial charge in [-0.25, -0.2) is 9.97 Å². The monoisotopic (exact) mass is 334 g/mol. The van der Waals surface area contributed by atoms with E-state index < -0.39 is 0 Å². The lowest BCUT2D eigenvalue weighted by molar-refractivity contribution is -0.117. The van der Waals surface area contributed by atoms with E-state index in [1.165, 1.54) is 5.56 Å². The minimum Gasteiger partial charge on any atom is -0.383 e. The summed E-state index contributed by atoms with van der Waals surface area (Å²) >= 11 is 0. The predicted molar refractivity (Wildman–Crippen MR) is 94.7 cm³/mol. The minimum atomic E-state index is -0.0142. The molecule has 0 saturated carbocycles. The van der Waals surface area contributed by atoms with Crippen molar-refractivity contribution in [2.24, 2.45) is 0 Å². The third-order valence-corrected chi connectivity index (χ3v) is 4.38. The van der Waals surface area contributed by atoms with E-state index in [0.29, 0.717) is 35.3 Å². The second-order valence-electron chi connectivity index (χ2n) is 6.04. The first-order chi connectivity index (χ1) is 12.2. The maximum absolute atomic E-state index is 12.5. The zero-order valence-electron chi connectivity index (χ0n) is 13.9. The maximum atomic E-state index is 12.5. The Balaban J connectivity index is 1.73. The Morgan fingerprint density at radius 1 is 1.24 bits per heavy atom. The van der Waals surface area contributed by atoms with Gasteiger partial charge in [-0.2, -0.15) is 5.10 Å². The Labute approximate surface area is 144 Å². The van der Waals surface area contributed by atoms with Crippen LogP contribution in [-0.4, -0.2) is 26.1 Å². The van der Waals surface area contributed by atoms with Crippen molar-refractivity contribution in [3.63, 3.8) is 0 Å². The van der Waals surface area contributed by atoms with Gasteiger partial charge in [0.05, 0.1) is 13.0 Å². The summed E-state index contributed by atoms with van der Waals surface area (Å²) in [6.07, 6.45) is 2.82. The van der Waals surface area contributed by atoms with Crippen LogP contribution in [0, 0.1) is 0 Å². The summed E-state index contributed by atoms with van der Waals surface area (Å²) in [4.78, 5) is 23.1. The number of anilines is 2. The number of aromatic amines is 1. The molecule has 1 aliphatic rings. The average Bonchev–Trinajstić information content (AvgIpc) is 3.25. The molecule has 0 radical (unpaired) electrons. The average molecular weight is 334 g/mol. The molecule has 0 saturated heterocycles. The molecular weight excluding hydrogens is 316 g/mol. The summed E-state index contributed by atoms with van der Waals surface area (Å²) in [7, 11) is 0. The number of rotatable bonds is 4. The zero-order valence-corrected chi connectivity index (χ0v) is 13.9. The van der Waals surface area contributed by atoms with E-state index in [9.17, 15) is 4.79 Å². The molecule has 0 unspecified atom stereocenters. The van der Waals surface area contributed by atoms with E-state index >= 15 is 0 Å². The van der Waals surface area contributed by atoms with E-state index in [2.05, 4.69) is 39.2 Å². The SMILES string of the molecule is CCc1cccc(CN2C(=O)Cc3c(N)nc(-c4ccn[nH]4)nc32)c1. The van der Waals surface area contributed by atoms with Crippen LogP contribution in [0.3, 0.4) is 0 Å². The van der Waals surface area contributed by atoms with Gasteiger partial charge in [-0.3, -0.25) is 14.8 Å². The number of hydrogen-bond acceptors (Lipinski definition) is 5. The molecule has 25 heavy (non-hydrogen) atoms. The molecule has 7 nitrogen and oxygen atoms in total. The van der Waals surface area contributed by atoms with Crippen LogP contribution in [0.25, 0.3) is 11.5 Å². The van der Waals surface area contributed by atoms with Crippen LogP contribution in [0.2, 0.25) is 0 Å². The number of hydrogen-bond donors (Lipinski definition) is 2. The number of benzene rings is 1. The van der Waals surface area contributed by atoms with Crippen molar-refractivity contribution in [2.45, 2.75) is 26.3 Å². The lowest BCUT2D eigenvalue weighted by Gasteiger charge is -2.17. The Morgan fingerprint density at radius 2 is 2.08 bits per heavy atom. The fourth-order valence-electron chi connectivity index (χ4n) is 3.04. The van der Waals surface area contributed by atoms with Gasteiger partial charge < -0.3 is 5.73 Å². The quantitative estimate of drug-likeness (QED) is 0.761. The summed E-state index contributed by atoms with van der Waals surface area (Å²) in [5.41, 5.74) is 9.75. The topological polar surface area (TPSA) is 101 Å². The fourth-order valence-corrected chi connectivity index (χ4v) is 3.04. The van der Waals surface area contributed by atoms with Crippen LogP contribution in [0.1, 0.15) is 23.6 Å². The van der Waals surface area contributed by atoms with Gasteiger partial charge in [0.2, 0.25) is 5.91 Å². The highest BCUT2D eigenvalue weighted by Crippen LogP contribution is 2.33. The number of amides is 1. The molecular formula is C18H18N6O. The number of aryl methyl sites for hydroxylation is 1.